The van der Waals surface area contributed by atoms with E-state index in [1.807, 2.05) is 60.7 Å². The van der Waals surface area contributed by atoms with Crippen LogP contribution in [0.4, 0.5) is 4.79 Å². The summed E-state index contributed by atoms with van der Waals surface area (Å²) in [7, 11) is 0. The maximum atomic E-state index is 12.3. The quantitative estimate of drug-likeness (QED) is 0.584. The molecule has 3 rings (SSSR count). The molecule has 8 heteroatoms. The van der Waals surface area contributed by atoms with Crippen LogP contribution in [-0.4, -0.2) is 48.2 Å². The first-order chi connectivity index (χ1) is 14.6. The van der Waals surface area contributed by atoms with Gasteiger partial charge < -0.3 is 25.2 Å². The predicted molar refractivity (Wildman–Crippen MR) is 111 cm³/mol. The lowest BCUT2D eigenvalue weighted by Crippen LogP contribution is -2.55. The number of amides is 1. The summed E-state index contributed by atoms with van der Waals surface area (Å²) in [6, 6.07) is 17.6. The standard InChI is InChI=1S/C22H25N3O5/c26-21(27)18-11-12-23-20(24-18)19(15-29-13-16-7-3-1-4-8-16)25-22(28)30-14-17-9-5-2-6-10-17/h1-10,18-19H,11-15H2,(H,23,24)(H,25,28)(H,26,27)/t18-,19-/m1/s1. The minimum absolute atomic E-state index is 0.119. The van der Waals surface area contributed by atoms with Crippen molar-refractivity contribution in [1.29, 1.82) is 0 Å². The molecule has 3 N–H and O–H groups in total. The predicted octanol–water partition coefficient (Wildman–Crippen LogP) is 2.34. The van der Waals surface area contributed by atoms with Crippen molar-refractivity contribution >= 4 is 17.9 Å². The molecule has 1 amide bonds. The molecule has 2 aromatic carbocycles. The largest absolute Gasteiger partial charge is 0.480 e. The fourth-order valence-corrected chi connectivity index (χ4v) is 2.97. The highest BCUT2D eigenvalue weighted by atomic mass is 16.5. The number of nitrogens with zero attached hydrogens (tertiary/aromatic N) is 1. The topological polar surface area (TPSA) is 109 Å². The van der Waals surface area contributed by atoms with Crippen LogP contribution in [0.15, 0.2) is 65.7 Å². The van der Waals surface area contributed by atoms with Crippen LogP contribution in [0.3, 0.4) is 0 Å². The van der Waals surface area contributed by atoms with Gasteiger partial charge in [-0.2, -0.15) is 0 Å². The Bertz CT molecular complexity index is 858. The molecule has 0 aromatic heterocycles. The third kappa shape index (κ3) is 6.59. The van der Waals surface area contributed by atoms with Crippen molar-refractivity contribution in [3.05, 3.63) is 71.8 Å². The van der Waals surface area contributed by atoms with Gasteiger partial charge in [-0.3, -0.25) is 4.99 Å². The van der Waals surface area contributed by atoms with E-state index >= 15 is 0 Å². The molecule has 0 radical (unpaired) electrons. The number of amidine groups is 1. The molecule has 1 aliphatic heterocycles. The number of benzene rings is 2. The van der Waals surface area contributed by atoms with Crippen LogP contribution in [0, 0.1) is 0 Å². The molecule has 0 fully saturated rings. The molecule has 30 heavy (non-hydrogen) atoms. The van der Waals surface area contributed by atoms with Crippen LogP contribution >= 0.6 is 0 Å². The molecular weight excluding hydrogens is 386 g/mol. The van der Waals surface area contributed by atoms with Gasteiger partial charge in [-0.05, 0) is 17.5 Å². The molecule has 0 aliphatic carbocycles. The maximum absolute atomic E-state index is 12.3. The zero-order chi connectivity index (χ0) is 21.2. The Morgan fingerprint density at radius 1 is 1.07 bits per heavy atom. The van der Waals surface area contributed by atoms with Crippen LogP contribution in [0.2, 0.25) is 0 Å². The molecule has 1 heterocycles. The van der Waals surface area contributed by atoms with E-state index in [1.165, 1.54) is 0 Å². The molecule has 8 nitrogen and oxygen atoms in total. The Balaban J connectivity index is 1.60. The summed E-state index contributed by atoms with van der Waals surface area (Å²) >= 11 is 0. The van der Waals surface area contributed by atoms with Crippen molar-refractivity contribution in [1.82, 2.24) is 10.6 Å². The first-order valence-electron chi connectivity index (χ1n) is 9.74. The Kier molecular flexibility index (Phi) is 7.79. The molecule has 1 aliphatic rings. The lowest BCUT2D eigenvalue weighted by Gasteiger charge is -2.27. The summed E-state index contributed by atoms with van der Waals surface area (Å²) in [5, 5.41) is 14.9. The van der Waals surface area contributed by atoms with Crippen LogP contribution in [0.5, 0.6) is 0 Å². The van der Waals surface area contributed by atoms with Gasteiger partial charge in [-0.1, -0.05) is 60.7 Å². The average molecular weight is 411 g/mol. The number of aliphatic carboxylic acids is 1. The van der Waals surface area contributed by atoms with E-state index in [1.54, 1.807) is 0 Å². The van der Waals surface area contributed by atoms with Gasteiger partial charge in [0.1, 0.15) is 24.5 Å². The first kappa shape index (κ1) is 21.3. The lowest BCUT2D eigenvalue weighted by atomic mass is 10.1. The van der Waals surface area contributed by atoms with Crippen LogP contribution < -0.4 is 10.6 Å². The van der Waals surface area contributed by atoms with Crippen molar-refractivity contribution in [3.63, 3.8) is 0 Å². The highest BCUT2D eigenvalue weighted by molar-refractivity contribution is 5.94. The molecule has 0 unspecified atom stereocenters. The molecule has 2 atom stereocenters. The van der Waals surface area contributed by atoms with Crippen LogP contribution in [0.25, 0.3) is 0 Å². The van der Waals surface area contributed by atoms with E-state index in [9.17, 15) is 14.7 Å². The van der Waals surface area contributed by atoms with Gasteiger partial charge in [0.15, 0.2) is 0 Å². The summed E-state index contributed by atoms with van der Waals surface area (Å²) in [4.78, 5) is 28.0. The molecule has 0 bridgehead atoms. The van der Waals surface area contributed by atoms with Gasteiger partial charge in [0.2, 0.25) is 0 Å². The zero-order valence-corrected chi connectivity index (χ0v) is 16.5. The van der Waals surface area contributed by atoms with E-state index < -0.39 is 24.1 Å². The number of alkyl carbamates (subject to hydrolysis) is 1. The number of hydrogen-bond donors (Lipinski definition) is 3. The number of aliphatic imine (C=N–C) groups is 1. The third-order valence-electron chi connectivity index (χ3n) is 4.55. The molecule has 0 saturated carbocycles. The Labute approximate surface area is 174 Å². The Morgan fingerprint density at radius 2 is 1.70 bits per heavy atom. The zero-order valence-electron chi connectivity index (χ0n) is 16.5. The van der Waals surface area contributed by atoms with E-state index in [4.69, 9.17) is 9.47 Å². The summed E-state index contributed by atoms with van der Waals surface area (Å²) in [5.41, 5.74) is 1.86. The summed E-state index contributed by atoms with van der Waals surface area (Å²) in [6.07, 6.45) is -0.247. The normalized spacial score (nSPS) is 16.7. The van der Waals surface area contributed by atoms with Gasteiger partial charge in [0.05, 0.1) is 13.2 Å². The van der Waals surface area contributed by atoms with E-state index in [0.717, 1.165) is 11.1 Å². The molecular formula is C22H25N3O5. The summed E-state index contributed by atoms with van der Waals surface area (Å²) in [6.45, 7) is 0.957. The highest BCUT2D eigenvalue weighted by Crippen LogP contribution is 2.07. The molecule has 2 aromatic rings. The van der Waals surface area contributed by atoms with Gasteiger partial charge in [0, 0.05) is 6.54 Å². The van der Waals surface area contributed by atoms with E-state index in [2.05, 4.69) is 15.6 Å². The van der Waals surface area contributed by atoms with Crippen molar-refractivity contribution in [3.8, 4) is 0 Å². The van der Waals surface area contributed by atoms with Crippen molar-refractivity contribution in [2.24, 2.45) is 4.99 Å². The Morgan fingerprint density at radius 3 is 2.33 bits per heavy atom. The van der Waals surface area contributed by atoms with Crippen molar-refractivity contribution in [2.45, 2.75) is 31.7 Å². The van der Waals surface area contributed by atoms with Crippen LogP contribution in [-0.2, 0) is 27.5 Å². The second-order valence-electron chi connectivity index (χ2n) is 6.85. The number of hydrogen-bond acceptors (Lipinski definition) is 6. The number of rotatable bonds is 9. The lowest BCUT2D eigenvalue weighted by molar-refractivity contribution is -0.139. The summed E-state index contributed by atoms with van der Waals surface area (Å²) < 4.78 is 11.0. The fourth-order valence-electron chi connectivity index (χ4n) is 2.97. The number of carbonyl (C=O) groups excluding carboxylic acids is 1. The van der Waals surface area contributed by atoms with Gasteiger partial charge >= 0.3 is 12.1 Å². The van der Waals surface area contributed by atoms with Gasteiger partial charge in [-0.15, -0.1) is 0 Å². The number of carboxylic acid groups (broad SMARTS) is 1. The number of ether oxygens (including phenoxy) is 2. The van der Waals surface area contributed by atoms with Gasteiger partial charge in [0.25, 0.3) is 0 Å². The van der Waals surface area contributed by atoms with Crippen molar-refractivity contribution < 1.29 is 24.2 Å². The second kappa shape index (κ2) is 11.0. The van der Waals surface area contributed by atoms with E-state index in [0.29, 0.717) is 25.4 Å². The first-order valence-corrected chi connectivity index (χ1v) is 9.74. The number of carboxylic acids is 1. The number of nitrogens with one attached hydrogen (secondary N) is 2. The fraction of sp³-hybridized carbons (Fsp3) is 0.318. The third-order valence-corrected chi connectivity index (χ3v) is 4.55. The SMILES string of the molecule is O=C(N[C@H](COCc1ccccc1)C1=NCC[C@H](C(=O)O)N1)OCc1ccccc1. The molecule has 0 spiro atoms. The monoisotopic (exact) mass is 411 g/mol. The highest BCUT2D eigenvalue weighted by Gasteiger charge is 2.28. The average Bonchev–Trinajstić information content (AvgIpc) is 2.78. The summed E-state index contributed by atoms with van der Waals surface area (Å²) in [5.74, 6) is -0.587. The second-order valence-corrected chi connectivity index (χ2v) is 6.85. The van der Waals surface area contributed by atoms with Gasteiger partial charge in [-0.25, -0.2) is 9.59 Å². The van der Waals surface area contributed by atoms with E-state index in [-0.39, 0.29) is 13.2 Å². The smallest absolute Gasteiger partial charge is 0.408 e. The number of carbonyl (C=O) groups is 2. The van der Waals surface area contributed by atoms with Crippen LogP contribution in [0.1, 0.15) is 17.5 Å². The Hall–Kier alpha value is -3.39. The van der Waals surface area contributed by atoms with Crippen molar-refractivity contribution in [2.75, 3.05) is 13.2 Å². The minimum Gasteiger partial charge on any atom is -0.480 e. The molecule has 0 saturated heterocycles. The maximum Gasteiger partial charge on any atom is 0.408 e. The minimum atomic E-state index is -0.960. The molecule has 158 valence electrons.